The molecule has 2 aromatic heterocycles. The fraction of sp³-hybridized carbons (Fsp3) is 0.300. The lowest BCUT2D eigenvalue weighted by atomic mass is 9.91. The van der Waals surface area contributed by atoms with Crippen molar-refractivity contribution in [3.05, 3.63) is 58.2 Å². The van der Waals surface area contributed by atoms with Crippen LogP contribution in [-0.2, 0) is 0 Å². The van der Waals surface area contributed by atoms with Gasteiger partial charge < -0.3 is 15.2 Å². The highest BCUT2D eigenvalue weighted by atomic mass is 79.9. The highest BCUT2D eigenvalue weighted by molar-refractivity contribution is 9.10. The summed E-state index contributed by atoms with van der Waals surface area (Å²) in [5.74, 6) is 0.939. The summed E-state index contributed by atoms with van der Waals surface area (Å²) in [7, 11) is 2.17. The number of nitrogens with one attached hydrogen (secondary N) is 2. The first-order valence-electron chi connectivity index (χ1n) is 8.83. The highest BCUT2D eigenvalue weighted by Crippen LogP contribution is 2.32. The van der Waals surface area contributed by atoms with Crippen LogP contribution in [0.5, 0.6) is 0 Å². The monoisotopic (exact) mass is 412 g/mol. The maximum absolute atomic E-state index is 12.5. The number of likely N-dealkylation sites (tertiary alicyclic amines) is 1. The Balaban J connectivity index is 1.59. The second-order valence-corrected chi connectivity index (χ2v) is 7.79. The Kier molecular flexibility index (Phi) is 4.78. The lowest BCUT2D eigenvalue weighted by molar-refractivity contribution is 0.102. The fourth-order valence-electron chi connectivity index (χ4n) is 3.54. The molecule has 0 atom stereocenters. The van der Waals surface area contributed by atoms with Gasteiger partial charge in [-0.3, -0.25) is 4.79 Å². The summed E-state index contributed by atoms with van der Waals surface area (Å²) in [6.07, 6.45) is 4.35. The molecule has 0 radical (unpaired) electrons. The minimum Gasteiger partial charge on any atom is -0.360 e. The van der Waals surface area contributed by atoms with E-state index in [2.05, 4.69) is 44.4 Å². The van der Waals surface area contributed by atoms with Gasteiger partial charge in [-0.25, -0.2) is 4.98 Å². The number of hydrogen-bond acceptors (Lipinski definition) is 3. The molecule has 0 spiro atoms. The summed E-state index contributed by atoms with van der Waals surface area (Å²) >= 11 is 3.40. The molecular formula is C20H21BrN4O. The SMILES string of the molecule is CN1CCC(c2c[nH]c3ccc(NC(=O)c4cccc(Br)c4)nc23)CC1. The number of carbonyl (C=O) groups is 1. The second kappa shape index (κ2) is 7.21. The second-order valence-electron chi connectivity index (χ2n) is 6.88. The largest absolute Gasteiger partial charge is 0.360 e. The Bertz CT molecular complexity index is 944. The van der Waals surface area contributed by atoms with Crippen LogP contribution in [0.3, 0.4) is 0 Å². The molecule has 3 aromatic rings. The van der Waals surface area contributed by atoms with Crippen LogP contribution in [0.4, 0.5) is 5.82 Å². The zero-order valence-electron chi connectivity index (χ0n) is 14.6. The van der Waals surface area contributed by atoms with Gasteiger partial charge in [0.2, 0.25) is 0 Å². The predicted octanol–water partition coefficient (Wildman–Crippen LogP) is 4.39. The number of carbonyl (C=O) groups excluding carboxylic acids is 1. The molecule has 0 aliphatic carbocycles. The van der Waals surface area contributed by atoms with Crippen molar-refractivity contribution in [2.24, 2.45) is 0 Å². The van der Waals surface area contributed by atoms with E-state index in [1.165, 1.54) is 5.56 Å². The lowest BCUT2D eigenvalue weighted by Gasteiger charge is -2.28. The van der Waals surface area contributed by atoms with E-state index in [0.29, 0.717) is 17.3 Å². The summed E-state index contributed by atoms with van der Waals surface area (Å²) in [4.78, 5) is 22.9. The van der Waals surface area contributed by atoms with Crippen LogP contribution >= 0.6 is 15.9 Å². The maximum Gasteiger partial charge on any atom is 0.256 e. The highest BCUT2D eigenvalue weighted by Gasteiger charge is 2.22. The molecule has 0 unspecified atom stereocenters. The van der Waals surface area contributed by atoms with E-state index in [0.717, 1.165) is 41.4 Å². The van der Waals surface area contributed by atoms with Crippen LogP contribution in [0.15, 0.2) is 47.1 Å². The van der Waals surface area contributed by atoms with Crippen molar-refractivity contribution in [2.45, 2.75) is 18.8 Å². The van der Waals surface area contributed by atoms with Crippen LogP contribution < -0.4 is 5.32 Å². The third-order valence-corrected chi connectivity index (χ3v) is 5.53. The van der Waals surface area contributed by atoms with Gasteiger partial charge in [-0.15, -0.1) is 0 Å². The lowest BCUT2D eigenvalue weighted by Crippen LogP contribution is -2.29. The van der Waals surface area contributed by atoms with Gasteiger partial charge in [0.1, 0.15) is 5.82 Å². The summed E-state index contributed by atoms with van der Waals surface area (Å²) in [5, 5.41) is 2.91. The van der Waals surface area contributed by atoms with E-state index in [9.17, 15) is 4.79 Å². The van der Waals surface area contributed by atoms with Gasteiger partial charge in [0.05, 0.1) is 11.0 Å². The Morgan fingerprint density at radius 3 is 2.85 bits per heavy atom. The number of H-pyrrole nitrogens is 1. The number of nitrogens with zero attached hydrogens (tertiary/aromatic N) is 2. The molecule has 1 aliphatic heterocycles. The van der Waals surface area contributed by atoms with E-state index in [4.69, 9.17) is 4.98 Å². The van der Waals surface area contributed by atoms with Crippen molar-refractivity contribution in [2.75, 3.05) is 25.5 Å². The van der Waals surface area contributed by atoms with Crippen LogP contribution in [0.25, 0.3) is 11.0 Å². The first kappa shape index (κ1) is 17.2. The Labute approximate surface area is 160 Å². The van der Waals surface area contributed by atoms with Gasteiger partial charge in [-0.05, 0) is 74.8 Å². The average molecular weight is 413 g/mol. The van der Waals surface area contributed by atoms with Gasteiger partial charge in [-0.2, -0.15) is 0 Å². The normalized spacial score (nSPS) is 16.1. The molecule has 2 N–H and O–H groups in total. The minimum atomic E-state index is -0.158. The molecule has 1 fully saturated rings. The molecule has 1 aliphatic rings. The van der Waals surface area contributed by atoms with E-state index in [-0.39, 0.29) is 5.91 Å². The number of benzene rings is 1. The van der Waals surface area contributed by atoms with E-state index >= 15 is 0 Å². The van der Waals surface area contributed by atoms with Crippen molar-refractivity contribution >= 4 is 38.7 Å². The summed E-state index contributed by atoms with van der Waals surface area (Å²) in [5.41, 5.74) is 3.84. The Morgan fingerprint density at radius 1 is 1.27 bits per heavy atom. The predicted molar refractivity (Wildman–Crippen MR) is 108 cm³/mol. The standard InChI is InChI=1S/C20H21BrN4O/c1-25-9-7-13(8-10-25)16-12-22-17-5-6-18(23-19(16)17)24-20(26)14-3-2-4-15(21)11-14/h2-6,11-13,22H,7-10H2,1H3,(H,23,24,26). The summed E-state index contributed by atoms with van der Waals surface area (Å²) in [6.45, 7) is 2.22. The van der Waals surface area contributed by atoms with Gasteiger partial charge in [-0.1, -0.05) is 22.0 Å². The number of hydrogen-bond donors (Lipinski definition) is 2. The molecule has 0 bridgehead atoms. The van der Waals surface area contributed by atoms with Crippen LogP contribution in [-0.4, -0.2) is 40.9 Å². The van der Waals surface area contributed by atoms with Crippen molar-refractivity contribution < 1.29 is 4.79 Å². The number of aromatic amines is 1. The van der Waals surface area contributed by atoms with E-state index < -0.39 is 0 Å². The molecule has 134 valence electrons. The first-order chi connectivity index (χ1) is 12.6. The van der Waals surface area contributed by atoms with Gasteiger partial charge in [0.25, 0.3) is 5.91 Å². The van der Waals surface area contributed by atoms with Crippen molar-refractivity contribution in [1.82, 2.24) is 14.9 Å². The van der Waals surface area contributed by atoms with Crippen molar-refractivity contribution in [3.63, 3.8) is 0 Å². The maximum atomic E-state index is 12.5. The molecule has 1 saturated heterocycles. The number of piperidine rings is 1. The number of amides is 1. The Morgan fingerprint density at radius 2 is 2.08 bits per heavy atom. The summed E-state index contributed by atoms with van der Waals surface area (Å²) in [6, 6.07) is 11.2. The van der Waals surface area contributed by atoms with Gasteiger partial charge in [0, 0.05) is 16.2 Å². The van der Waals surface area contributed by atoms with Crippen LogP contribution in [0, 0.1) is 0 Å². The van der Waals surface area contributed by atoms with Gasteiger partial charge in [0.15, 0.2) is 0 Å². The number of aromatic nitrogens is 2. The molecular weight excluding hydrogens is 392 g/mol. The molecule has 6 heteroatoms. The zero-order valence-corrected chi connectivity index (χ0v) is 16.2. The summed E-state index contributed by atoms with van der Waals surface area (Å²) < 4.78 is 0.878. The van der Waals surface area contributed by atoms with E-state index in [1.54, 1.807) is 12.1 Å². The molecule has 1 aromatic carbocycles. The van der Waals surface area contributed by atoms with E-state index in [1.807, 2.05) is 24.3 Å². The number of pyridine rings is 1. The zero-order chi connectivity index (χ0) is 18.1. The number of fused-ring (bicyclic) bond motifs is 1. The Hall–Kier alpha value is -2.18. The van der Waals surface area contributed by atoms with Crippen LogP contribution in [0.1, 0.15) is 34.7 Å². The molecule has 0 saturated carbocycles. The van der Waals surface area contributed by atoms with Crippen LogP contribution in [0.2, 0.25) is 0 Å². The third-order valence-electron chi connectivity index (χ3n) is 5.04. The van der Waals surface area contributed by atoms with Crippen molar-refractivity contribution in [3.8, 4) is 0 Å². The minimum absolute atomic E-state index is 0.158. The number of rotatable bonds is 3. The number of halogens is 1. The average Bonchev–Trinajstić information content (AvgIpc) is 3.05. The fourth-order valence-corrected chi connectivity index (χ4v) is 3.94. The van der Waals surface area contributed by atoms with Gasteiger partial charge >= 0.3 is 0 Å². The third kappa shape index (κ3) is 3.52. The molecule has 4 rings (SSSR count). The molecule has 3 heterocycles. The topological polar surface area (TPSA) is 61.0 Å². The molecule has 1 amide bonds. The van der Waals surface area contributed by atoms with Crippen molar-refractivity contribution in [1.29, 1.82) is 0 Å². The smallest absolute Gasteiger partial charge is 0.256 e. The number of anilines is 1. The quantitative estimate of drug-likeness (QED) is 0.670. The molecule has 5 nitrogen and oxygen atoms in total. The molecule has 26 heavy (non-hydrogen) atoms. The first-order valence-corrected chi connectivity index (χ1v) is 9.63.